The molecule has 0 bridgehead atoms. The summed E-state index contributed by atoms with van der Waals surface area (Å²) in [6.45, 7) is 0.684. The lowest BCUT2D eigenvalue weighted by molar-refractivity contribution is -0.139. The molecule has 0 radical (unpaired) electrons. The predicted octanol–water partition coefficient (Wildman–Crippen LogP) is 2.34. The summed E-state index contributed by atoms with van der Waals surface area (Å²) >= 11 is 0. The Morgan fingerprint density at radius 2 is 1.69 bits per heavy atom. The average molecular weight is 352 g/mol. The van der Waals surface area contributed by atoms with Crippen LogP contribution in [0.5, 0.6) is 0 Å². The smallest absolute Gasteiger partial charge is 0.407 e. The van der Waals surface area contributed by atoms with Gasteiger partial charge in [0.15, 0.2) is 0 Å². The lowest BCUT2D eigenvalue weighted by Crippen LogP contribution is -2.37. The van der Waals surface area contributed by atoms with E-state index < -0.39 is 18.1 Å². The van der Waals surface area contributed by atoms with Gasteiger partial charge in [-0.15, -0.1) is 0 Å². The highest BCUT2D eigenvalue weighted by molar-refractivity contribution is 5.79. The highest BCUT2D eigenvalue weighted by Gasteiger charge is 2.32. The number of ether oxygens (including phenoxy) is 1. The van der Waals surface area contributed by atoms with Gasteiger partial charge in [0, 0.05) is 18.5 Å². The molecule has 26 heavy (non-hydrogen) atoms. The van der Waals surface area contributed by atoms with Gasteiger partial charge in [0.25, 0.3) is 0 Å². The topological polar surface area (TPSA) is 87.7 Å². The minimum absolute atomic E-state index is 0.0154. The average Bonchev–Trinajstić information content (AvgIpc) is 3.23. The first-order chi connectivity index (χ1) is 12.6. The van der Waals surface area contributed by atoms with Gasteiger partial charge in [-0.25, -0.2) is 4.79 Å². The number of carboxylic acid groups (broad SMARTS) is 1. The molecule has 6 heteroatoms. The first kappa shape index (κ1) is 16.6. The molecule has 0 spiro atoms. The van der Waals surface area contributed by atoms with Crippen molar-refractivity contribution < 1.29 is 19.4 Å². The summed E-state index contributed by atoms with van der Waals surface area (Å²) in [4.78, 5) is 23.1. The fraction of sp³-hybridized carbons (Fsp3) is 0.300. The van der Waals surface area contributed by atoms with E-state index in [4.69, 9.17) is 9.84 Å². The van der Waals surface area contributed by atoms with Gasteiger partial charge in [0.1, 0.15) is 12.6 Å². The maximum absolute atomic E-state index is 12.1. The van der Waals surface area contributed by atoms with Crippen molar-refractivity contribution in [1.29, 1.82) is 0 Å². The number of nitrogens with one attached hydrogen (secondary N) is 2. The third-order valence-corrected chi connectivity index (χ3v) is 5.09. The summed E-state index contributed by atoms with van der Waals surface area (Å²) in [6.07, 6.45) is -0.149. The van der Waals surface area contributed by atoms with Crippen LogP contribution in [-0.4, -0.2) is 42.4 Å². The first-order valence-corrected chi connectivity index (χ1v) is 8.71. The van der Waals surface area contributed by atoms with Crippen LogP contribution < -0.4 is 10.6 Å². The first-order valence-electron chi connectivity index (χ1n) is 8.71. The van der Waals surface area contributed by atoms with Crippen molar-refractivity contribution in [3.05, 3.63) is 59.7 Å². The molecule has 2 aromatic rings. The molecular weight excluding hydrogens is 332 g/mol. The second-order valence-electron chi connectivity index (χ2n) is 6.70. The zero-order valence-electron chi connectivity index (χ0n) is 14.1. The molecule has 1 aliphatic heterocycles. The highest BCUT2D eigenvalue weighted by atomic mass is 16.5. The zero-order valence-corrected chi connectivity index (χ0v) is 14.1. The molecule has 1 aliphatic carbocycles. The second kappa shape index (κ2) is 6.80. The molecule has 1 saturated heterocycles. The quantitative estimate of drug-likeness (QED) is 0.786. The number of alkyl carbamates (subject to hydrolysis) is 1. The van der Waals surface area contributed by atoms with Crippen LogP contribution in [0.2, 0.25) is 0 Å². The number of hydrogen-bond donors (Lipinski definition) is 3. The number of aliphatic carboxylic acids is 1. The number of amides is 1. The van der Waals surface area contributed by atoms with Crippen molar-refractivity contribution in [2.75, 3.05) is 13.2 Å². The standard InChI is InChI=1S/C20H20N2O4/c23-19(24)18-9-12(10-21-18)22-20(25)26-11-17-15-7-3-1-5-13(15)14-6-2-4-8-16(14)17/h1-8,12,17-18,21H,9-11H2,(H,22,25)(H,23,24)/t12-,18-/m0/s1. The number of benzene rings is 2. The normalized spacial score (nSPS) is 21.1. The lowest BCUT2D eigenvalue weighted by atomic mass is 9.98. The highest BCUT2D eigenvalue weighted by Crippen LogP contribution is 2.44. The number of hydrogen-bond acceptors (Lipinski definition) is 4. The van der Waals surface area contributed by atoms with Gasteiger partial charge in [-0.1, -0.05) is 48.5 Å². The summed E-state index contributed by atoms with van der Waals surface area (Å²) in [7, 11) is 0. The Bertz CT molecular complexity index is 806. The molecule has 1 heterocycles. The van der Waals surface area contributed by atoms with Crippen LogP contribution in [0, 0.1) is 0 Å². The van der Waals surface area contributed by atoms with E-state index in [-0.39, 0.29) is 18.6 Å². The summed E-state index contributed by atoms with van der Waals surface area (Å²) in [5.41, 5.74) is 4.69. The predicted molar refractivity (Wildman–Crippen MR) is 96.0 cm³/mol. The van der Waals surface area contributed by atoms with Crippen molar-refractivity contribution in [2.45, 2.75) is 24.4 Å². The largest absolute Gasteiger partial charge is 0.480 e. The Balaban J connectivity index is 1.41. The second-order valence-corrected chi connectivity index (χ2v) is 6.70. The Morgan fingerprint density at radius 1 is 1.08 bits per heavy atom. The van der Waals surface area contributed by atoms with Crippen LogP contribution in [0.15, 0.2) is 48.5 Å². The van der Waals surface area contributed by atoms with Crippen molar-refractivity contribution in [2.24, 2.45) is 0 Å². The third kappa shape index (κ3) is 3.04. The van der Waals surface area contributed by atoms with E-state index in [1.807, 2.05) is 24.3 Å². The van der Waals surface area contributed by atoms with Gasteiger partial charge in [-0.05, 0) is 28.7 Å². The number of carbonyl (C=O) groups excluding carboxylic acids is 1. The summed E-state index contributed by atoms with van der Waals surface area (Å²) in [5, 5.41) is 14.6. The molecule has 0 unspecified atom stereocenters. The third-order valence-electron chi connectivity index (χ3n) is 5.09. The summed E-state index contributed by atoms with van der Waals surface area (Å²) in [6, 6.07) is 15.5. The molecule has 2 atom stereocenters. The van der Waals surface area contributed by atoms with Gasteiger partial charge in [0.05, 0.1) is 0 Å². The molecule has 2 aromatic carbocycles. The van der Waals surface area contributed by atoms with Gasteiger partial charge < -0.3 is 20.5 Å². The van der Waals surface area contributed by atoms with Crippen LogP contribution in [0.3, 0.4) is 0 Å². The van der Waals surface area contributed by atoms with Gasteiger partial charge >= 0.3 is 12.1 Å². The molecule has 1 fully saturated rings. The fourth-order valence-electron chi connectivity index (χ4n) is 3.84. The van der Waals surface area contributed by atoms with Gasteiger partial charge in [-0.3, -0.25) is 4.79 Å². The van der Waals surface area contributed by atoms with Crippen LogP contribution in [0.25, 0.3) is 11.1 Å². The van der Waals surface area contributed by atoms with Crippen LogP contribution >= 0.6 is 0 Å². The molecule has 2 aliphatic rings. The molecule has 6 nitrogen and oxygen atoms in total. The summed E-state index contributed by atoms with van der Waals surface area (Å²) in [5.74, 6) is -0.886. The van der Waals surface area contributed by atoms with Crippen molar-refractivity contribution in [3.8, 4) is 11.1 Å². The zero-order chi connectivity index (χ0) is 18.1. The minimum Gasteiger partial charge on any atom is -0.480 e. The van der Waals surface area contributed by atoms with E-state index in [0.717, 1.165) is 11.1 Å². The van der Waals surface area contributed by atoms with E-state index >= 15 is 0 Å². The van der Waals surface area contributed by atoms with E-state index in [2.05, 4.69) is 34.9 Å². The molecule has 1 amide bonds. The number of carbonyl (C=O) groups is 2. The molecular formula is C20H20N2O4. The summed E-state index contributed by atoms with van der Waals surface area (Å²) < 4.78 is 5.47. The number of carboxylic acids is 1. The fourth-order valence-corrected chi connectivity index (χ4v) is 3.84. The van der Waals surface area contributed by atoms with E-state index in [1.165, 1.54) is 11.1 Å². The Morgan fingerprint density at radius 3 is 2.27 bits per heavy atom. The van der Waals surface area contributed by atoms with Crippen molar-refractivity contribution >= 4 is 12.1 Å². The lowest BCUT2D eigenvalue weighted by Gasteiger charge is -2.16. The maximum atomic E-state index is 12.1. The number of fused-ring (bicyclic) bond motifs is 3. The van der Waals surface area contributed by atoms with Crippen molar-refractivity contribution in [1.82, 2.24) is 10.6 Å². The molecule has 3 N–H and O–H groups in total. The van der Waals surface area contributed by atoms with Crippen LogP contribution in [0.4, 0.5) is 4.79 Å². The van der Waals surface area contributed by atoms with E-state index in [1.54, 1.807) is 0 Å². The molecule has 0 saturated carbocycles. The Labute approximate surface area is 151 Å². The number of rotatable bonds is 4. The van der Waals surface area contributed by atoms with Crippen molar-refractivity contribution in [3.63, 3.8) is 0 Å². The van der Waals surface area contributed by atoms with Gasteiger partial charge in [-0.2, -0.15) is 0 Å². The van der Waals surface area contributed by atoms with E-state index in [0.29, 0.717) is 13.0 Å². The van der Waals surface area contributed by atoms with Crippen LogP contribution in [-0.2, 0) is 9.53 Å². The van der Waals surface area contributed by atoms with E-state index in [9.17, 15) is 9.59 Å². The molecule has 134 valence electrons. The van der Waals surface area contributed by atoms with Crippen LogP contribution in [0.1, 0.15) is 23.5 Å². The maximum Gasteiger partial charge on any atom is 0.407 e. The Kier molecular flexibility index (Phi) is 4.34. The Hall–Kier alpha value is -2.86. The molecule has 0 aromatic heterocycles. The molecule has 4 rings (SSSR count). The monoisotopic (exact) mass is 352 g/mol. The minimum atomic E-state index is -0.901. The SMILES string of the molecule is O=C(N[C@@H]1CN[C@H](C(=O)O)C1)OCC1c2ccccc2-c2ccccc21. The van der Waals surface area contributed by atoms with Gasteiger partial charge in [0.2, 0.25) is 0 Å².